The zero-order chi connectivity index (χ0) is 26.5. The molecule has 5 N–H and O–H groups in total. The Kier molecular flexibility index (Phi) is 7.79. The lowest BCUT2D eigenvalue weighted by atomic mass is 9.45. The number of rotatable bonds is 6. The summed E-state index contributed by atoms with van der Waals surface area (Å²) in [4.78, 5) is 11.8. The fraction of sp³-hybridized carbons (Fsp3) is 0.821. The zero-order valence-corrected chi connectivity index (χ0v) is 22.2. The van der Waals surface area contributed by atoms with E-state index in [-0.39, 0.29) is 23.4 Å². The molecule has 0 aromatic carbocycles. The molecule has 1 amide bonds. The number of aliphatic hydroxyl groups excluding tert-OH is 4. The van der Waals surface area contributed by atoms with Crippen molar-refractivity contribution < 1.29 is 34.7 Å². The van der Waals surface area contributed by atoms with Crippen LogP contribution in [0.25, 0.3) is 0 Å². The Morgan fingerprint density at radius 2 is 1.94 bits per heavy atom. The molecule has 4 rings (SSSR count). The van der Waals surface area contributed by atoms with Gasteiger partial charge >= 0.3 is 0 Å². The van der Waals surface area contributed by atoms with Gasteiger partial charge in [-0.3, -0.25) is 4.79 Å². The third-order valence-corrected chi connectivity index (χ3v) is 10.1. The van der Waals surface area contributed by atoms with E-state index in [2.05, 4.69) is 44.8 Å². The molecule has 0 spiro atoms. The molecule has 36 heavy (non-hydrogen) atoms. The summed E-state index contributed by atoms with van der Waals surface area (Å²) >= 11 is 0. The second kappa shape index (κ2) is 10.1. The minimum absolute atomic E-state index is 0.0255. The van der Waals surface area contributed by atoms with Gasteiger partial charge in [-0.25, -0.2) is 0 Å². The standard InChI is InChI=1S/C28H45NO7/c1-6-26(3)11-9-18-17(13-26)7-8-20-27(18,4)12-10-21(32)28(20,5)15-35-25-22(29-16(2)31)24(34)23(33)19(14-30)36-25/h6-7,18-25,30,32-34H,1,8-15H2,2-5H3,(H,29,31)/t18-,19+,20+,21-,22+,23+,24+,25-,26-,27+,28+/m0/s1. The SMILES string of the molecule is C=C[C@@]1(C)CC[C@H]2C(=CC[C@@H]3[C@]2(C)CC[C@H](O)[C@]3(C)CO[C@H]2O[C@H](CO)[C@@H](O)[C@H](O)[C@H]2NC(C)=O)C1. The first-order chi connectivity index (χ1) is 16.9. The van der Waals surface area contributed by atoms with Gasteiger partial charge in [0.15, 0.2) is 6.29 Å². The van der Waals surface area contributed by atoms with Crippen molar-refractivity contribution in [1.82, 2.24) is 5.32 Å². The Balaban J connectivity index is 1.57. The molecule has 1 aliphatic heterocycles. The Hall–Kier alpha value is -1.29. The maximum atomic E-state index is 11.8. The lowest BCUT2D eigenvalue weighted by molar-refractivity contribution is -0.285. The van der Waals surface area contributed by atoms with Crippen molar-refractivity contribution in [1.29, 1.82) is 0 Å². The summed E-state index contributed by atoms with van der Waals surface area (Å²) in [6, 6.07) is -0.996. The predicted octanol–water partition coefficient (Wildman–Crippen LogP) is 2.05. The minimum atomic E-state index is -1.36. The molecule has 3 aliphatic carbocycles. The maximum absolute atomic E-state index is 11.8. The molecule has 3 fully saturated rings. The number of amides is 1. The minimum Gasteiger partial charge on any atom is -0.394 e. The van der Waals surface area contributed by atoms with Crippen molar-refractivity contribution in [3.05, 3.63) is 24.3 Å². The Labute approximate surface area is 214 Å². The second-order valence-corrected chi connectivity index (χ2v) is 12.5. The number of aliphatic hydroxyl groups is 4. The predicted molar refractivity (Wildman–Crippen MR) is 135 cm³/mol. The molecule has 1 saturated heterocycles. The van der Waals surface area contributed by atoms with Crippen molar-refractivity contribution >= 4 is 5.91 Å². The fourth-order valence-corrected chi connectivity index (χ4v) is 7.71. The van der Waals surface area contributed by atoms with E-state index in [1.54, 1.807) is 0 Å². The Morgan fingerprint density at radius 1 is 1.22 bits per heavy atom. The molecule has 0 bridgehead atoms. The fourth-order valence-electron chi connectivity index (χ4n) is 7.71. The van der Waals surface area contributed by atoms with Crippen LogP contribution in [0.5, 0.6) is 0 Å². The van der Waals surface area contributed by atoms with Crippen molar-refractivity contribution in [3.8, 4) is 0 Å². The third kappa shape index (κ3) is 4.69. The van der Waals surface area contributed by atoms with Crippen molar-refractivity contribution in [2.45, 2.75) is 103 Å². The molecule has 1 heterocycles. The van der Waals surface area contributed by atoms with E-state index in [0.29, 0.717) is 12.3 Å². The first kappa shape index (κ1) is 27.7. The van der Waals surface area contributed by atoms with Crippen LogP contribution >= 0.6 is 0 Å². The van der Waals surface area contributed by atoms with Crippen LogP contribution in [0.3, 0.4) is 0 Å². The topological polar surface area (TPSA) is 128 Å². The van der Waals surface area contributed by atoms with Crippen LogP contribution in [0, 0.1) is 28.1 Å². The van der Waals surface area contributed by atoms with Gasteiger partial charge in [-0.05, 0) is 61.2 Å². The van der Waals surface area contributed by atoms with Gasteiger partial charge in [0.05, 0.1) is 19.3 Å². The van der Waals surface area contributed by atoms with Gasteiger partial charge in [0.2, 0.25) is 5.91 Å². The lowest BCUT2D eigenvalue weighted by Crippen LogP contribution is -2.65. The van der Waals surface area contributed by atoms with E-state index < -0.39 is 54.7 Å². The molecular formula is C28H45NO7. The van der Waals surface area contributed by atoms with E-state index >= 15 is 0 Å². The summed E-state index contributed by atoms with van der Waals surface area (Å²) in [7, 11) is 0. The number of allylic oxidation sites excluding steroid dienone is 3. The summed E-state index contributed by atoms with van der Waals surface area (Å²) in [5.41, 5.74) is 1.11. The molecule has 4 aliphatic rings. The van der Waals surface area contributed by atoms with Crippen LogP contribution in [0.2, 0.25) is 0 Å². The molecule has 11 atom stereocenters. The number of hydrogen-bond donors (Lipinski definition) is 5. The van der Waals surface area contributed by atoms with Gasteiger partial charge in [-0.15, -0.1) is 6.58 Å². The van der Waals surface area contributed by atoms with Crippen LogP contribution in [0.4, 0.5) is 0 Å². The van der Waals surface area contributed by atoms with Crippen molar-refractivity contribution in [2.75, 3.05) is 13.2 Å². The number of fused-ring (bicyclic) bond motifs is 3. The quantitative estimate of drug-likeness (QED) is 0.348. The van der Waals surface area contributed by atoms with Gasteiger partial charge in [0, 0.05) is 12.3 Å². The summed E-state index contributed by atoms with van der Waals surface area (Å²) < 4.78 is 12.0. The van der Waals surface area contributed by atoms with Crippen molar-refractivity contribution in [2.24, 2.45) is 28.1 Å². The molecular weight excluding hydrogens is 462 g/mol. The van der Waals surface area contributed by atoms with Crippen LogP contribution < -0.4 is 5.32 Å². The highest BCUT2D eigenvalue weighted by molar-refractivity contribution is 5.73. The van der Waals surface area contributed by atoms with E-state index in [4.69, 9.17) is 9.47 Å². The van der Waals surface area contributed by atoms with Gasteiger partial charge in [-0.2, -0.15) is 0 Å². The lowest BCUT2D eigenvalue weighted by Gasteiger charge is -2.61. The van der Waals surface area contributed by atoms with Gasteiger partial charge in [-0.1, -0.05) is 38.5 Å². The Morgan fingerprint density at radius 3 is 2.58 bits per heavy atom. The normalized spacial score (nSPS) is 48.8. The van der Waals surface area contributed by atoms with Crippen LogP contribution in [0.1, 0.15) is 66.2 Å². The average Bonchev–Trinajstić information content (AvgIpc) is 2.84. The highest BCUT2D eigenvalue weighted by Crippen LogP contribution is 2.63. The third-order valence-electron chi connectivity index (χ3n) is 10.1. The number of ether oxygens (including phenoxy) is 2. The van der Waals surface area contributed by atoms with E-state index in [9.17, 15) is 25.2 Å². The molecule has 2 saturated carbocycles. The van der Waals surface area contributed by atoms with E-state index in [0.717, 1.165) is 32.1 Å². The molecule has 0 unspecified atom stereocenters. The molecule has 8 nitrogen and oxygen atoms in total. The molecule has 204 valence electrons. The van der Waals surface area contributed by atoms with E-state index in [1.165, 1.54) is 12.5 Å². The maximum Gasteiger partial charge on any atom is 0.217 e. The second-order valence-electron chi connectivity index (χ2n) is 12.5. The number of carbonyl (C=O) groups excluding carboxylic acids is 1. The van der Waals surface area contributed by atoms with Gasteiger partial charge in [0.1, 0.15) is 24.4 Å². The first-order valence-corrected chi connectivity index (χ1v) is 13.4. The highest BCUT2D eigenvalue weighted by Gasteiger charge is 2.59. The summed E-state index contributed by atoms with van der Waals surface area (Å²) in [5.74, 6) is 0.253. The monoisotopic (exact) mass is 507 g/mol. The smallest absolute Gasteiger partial charge is 0.217 e. The first-order valence-electron chi connectivity index (χ1n) is 13.4. The van der Waals surface area contributed by atoms with E-state index in [1.807, 2.05) is 0 Å². The summed E-state index contributed by atoms with van der Waals surface area (Å²) in [6.07, 6.45) is 4.81. The zero-order valence-electron chi connectivity index (χ0n) is 22.2. The van der Waals surface area contributed by atoms with Crippen LogP contribution in [0.15, 0.2) is 24.3 Å². The molecule has 8 heteroatoms. The molecule has 0 aromatic heterocycles. The van der Waals surface area contributed by atoms with Crippen LogP contribution in [-0.2, 0) is 14.3 Å². The molecule has 0 aromatic rings. The number of nitrogens with one attached hydrogen (secondary N) is 1. The van der Waals surface area contributed by atoms with Gasteiger partial charge < -0.3 is 35.2 Å². The molecule has 0 radical (unpaired) electrons. The number of carbonyl (C=O) groups is 1. The van der Waals surface area contributed by atoms with Crippen LogP contribution in [-0.4, -0.2) is 76.3 Å². The number of hydrogen-bond acceptors (Lipinski definition) is 7. The van der Waals surface area contributed by atoms with Gasteiger partial charge in [0.25, 0.3) is 0 Å². The largest absolute Gasteiger partial charge is 0.394 e. The van der Waals surface area contributed by atoms with Crippen molar-refractivity contribution in [3.63, 3.8) is 0 Å². The Bertz CT molecular complexity index is 878. The average molecular weight is 508 g/mol. The summed E-state index contributed by atoms with van der Waals surface area (Å²) in [6.45, 7) is 11.8. The summed E-state index contributed by atoms with van der Waals surface area (Å²) in [5, 5.41) is 44.5. The highest BCUT2D eigenvalue weighted by atomic mass is 16.7.